The molecular formula is C31H36N4O4. The normalized spacial score (nSPS) is 17.5. The van der Waals surface area contributed by atoms with Crippen molar-refractivity contribution >= 4 is 11.8 Å². The van der Waals surface area contributed by atoms with Crippen LogP contribution in [0.4, 0.5) is 0 Å². The number of carbonyl (C=O) groups excluding carboxylic acids is 2. The largest absolute Gasteiger partial charge is 0.488 e. The molecule has 1 saturated heterocycles. The number of hydrogen-bond acceptors (Lipinski definition) is 6. The van der Waals surface area contributed by atoms with Gasteiger partial charge in [-0.3, -0.25) is 14.5 Å². The lowest BCUT2D eigenvalue weighted by Gasteiger charge is -2.34. The lowest BCUT2D eigenvalue weighted by Crippen LogP contribution is -2.47. The van der Waals surface area contributed by atoms with Gasteiger partial charge in [-0.25, -0.2) is 4.98 Å². The average molecular weight is 529 g/mol. The fourth-order valence-corrected chi connectivity index (χ4v) is 5.17. The molecule has 2 aliphatic heterocycles. The average Bonchev–Trinajstić information content (AvgIpc) is 2.97. The van der Waals surface area contributed by atoms with Crippen molar-refractivity contribution in [3.05, 3.63) is 84.1 Å². The summed E-state index contributed by atoms with van der Waals surface area (Å²) >= 11 is 0. The number of likely N-dealkylation sites (tertiary alicyclic amines) is 1. The Morgan fingerprint density at radius 1 is 0.897 bits per heavy atom. The first kappa shape index (κ1) is 26.7. The van der Waals surface area contributed by atoms with E-state index in [1.165, 1.54) is 5.56 Å². The topological polar surface area (TPSA) is 75.2 Å². The minimum atomic E-state index is -0.178. The van der Waals surface area contributed by atoms with Gasteiger partial charge in [0.25, 0.3) is 5.91 Å². The summed E-state index contributed by atoms with van der Waals surface area (Å²) in [6, 6.07) is 21.4. The van der Waals surface area contributed by atoms with Crippen molar-refractivity contribution in [1.82, 2.24) is 19.7 Å². The molecule has 8 nitrogen and oxygen atoms in total. The van der Waals surface area contributed by atoms with Gasteiger partial charge in [0.05, 0.1) is 6.54 Å². The molecular weight excluding hydrogens is 492 g/mol. The zero-order valence-electron chi connectivity index (χ0n) is 22.5. The first-order chi connectivity index (χ1) is 19.1. The Morgan fingerprint density at radius 2 is 1.64 bits per heavy atom. The van der Waals surface area contributed by atoms with Crippen LogP contribution in [0, 0.1) is 5.92 Å². The SMILES string of the molecule is CN1CCN(CC(=O)N2CCC(Cc3ccccc3)CC2)CCOc2ccccc2Oc2ncccc2C1=O. The number of fused-ring (bicyclic) bond motifs is 2. The number of para-hydroxylation sites is 2. The molecule has 2 amide bonds. The van der Waals surface area contributed by atoms with Crippen LogP contribution in [0.3, 0.4) is 0 Å². The number of pyridine rings is 1. The third kappa shape index (κ3) is 6.95. The van der Waals surface area contributed by atoms with Crippen molar-refractivity contribution in [2.75, 3.05) is 52.9 Å². The predicted molar refractivity (Wildman–Crippen MR) is 149 cm³/mol. The number of likely N-dealkylation sites (N-methyl/N-ethyl adjacent to an activating group) is 1. The zero-order chi connectivity index (χ0) is 27.0. The number of aromatic nitrogens is 1. The molecule has 0 spiro atoms. The van der Waals surface area contributed by atoms with Crippen LogP contribution in [-0.2, 0) is 11.2 Å². The van der Waals surface area contributed by atoms with E-state index in [9.17, 15) is 9.59 Å². The van der Waals surface area contributed by atoms with Crippen molar-refractivity contribution < 1.29 is 19.1 Å². The van der Waals surface area contributed by atoms with Gasteiger partial charge in [0, 0.05) is 46.0 Å². The van der Waals surface area contributed by atoms with Crippen LogP contribution in [-0.4, -0.2) is 84.4 Å². The van der Waals surface area contributed by atoms with Crippen LogP contribution in [0.25, 0.3) is 0 Å². The molecule has 0 saturated carbocycles. The highest BCUT2D eigenvalue weighted by molar-refractivity contribution is 5.96. The molecule has 0 N–H and O–H groups in total. The highest BCUT2D eigenvalue weighted by Gasteiger charge is 2.26. The standard InChI is InChI=1S/C31H36N4O4/c1-33-18-19-34(23-29(36)35-16-13-25(14-17-35)22-24-8-3-2-4-9-24)20-21-38-27-11-5-6-12-28(27)39-30-26(31(33)37)10-7-15-32-30/h2-12,15,25H,13-14,16-23H2,1H3. The Bertz CT molecular complexity index is 1260. The summed E-state index contributed by atoms with van der Waals surface area (Å²) in [7, 11) is 1.76. The molecule has 204 valence electrons. The summed E-state index contributed by atoms with van der Waals surface area (Å²) in [6.07, 6.45) is 4.71. The Hall–Kier alpha value is -3.91. The third-order valence-electron chi connectivity index (χ3n) is 7.51. The number of amides is 2. The van der Waals surface area contributed by atoms with Crippen molar-refractivity contribution in [2.24, 2.45) is 5.92 Å². The molecule has 1 aromatic heterocycles. The number of nitrogens with zero attached hydrogens (tertiary/aromatic N) is 4. The van der Waals surface area contributed by atoms with E-state index in [4.69, 9.17) is 9.47 Å². The summed E-state index contributed by atoms with van der Waals surface area (Å²) in [5, 5.41) is 0. The van der Waals surface area contributed by atoms with Gasteiger partial charge in [-0.2, -0.15) is 0 Å². The molecule has 39 heavy (non-hydrogen) atoms. The molecule has 2 aliphatic rings. The lowest BCUT2D eigenvalue weighted by atomic mass is 9.90. The summed E-state index contributed by atoms with van der Waals surface area (Å²) < 4.78 is 12.1. The number of ether oxygens (including phenoxy) is 2. The second-order valence-corrected chi connectivity index (χ2v) is 10.3. The second-order valence-electron chi connectivity index (χ2n) is 10.3. The monoisotopic (exact) mass is 528 g/mol. The first-order valence-electron chi connectivity index (χ1n) is 13.7. The molecule has 0 bridgehead atoms. The Balaban J connectivity index is 1.23. The van der Waals surface area contributed by atoms with Crippen molar-refractivity contribution in [3.63, 3.8) is 0 Å². The predicted octanol–water partition coefficient (Wildman–Crippen LogP) is 4.12. The maximum atomic E-state index is 13.3. The van der Waals surface area contributed by atoms with E-state index in [1.54, 1.807) is 36.3 Å². The van der Waals surface area contributed by atoms with Crippen molar-refractivity contribution in [2.45, 2.75) is 19.3 Å². The fourth-order valence-electron chi connectivity index (χ4n) is 5.17. The molecule has 8 heteroatoms. The van der Waals surface area contributed by atoms with E-state index in [-0.39, 0.29) is 17.7 Å². The smallest absolute Gasteiger partial charge is 0.259 e. The minimum Gasteiger partial charge on any atom is -0.488 e. The lowest BCUT2D eigenvalue weighted by molar-refractivity contribution is -0.133. The van der Waals surface area contributed by atoms with Gasteiger partial charge in [-0.15, -0.1) is 0 Å². The molecule has 3 heterocycles. The van der Waals surface area contributed by atoms with Crippen molar-refractivity contribution in [3.8, 4) is 17.4 Å². The number of benzene rings is 2. The molecule has 1 fully saturated rings. The number of hydrogen-bond donors (Lipinski definition) is 0. The minimum absolute atomic E-state index is 0.129. The number of piperidine rings is 1. The van der Waals surface area contributed by atoms with E-state index >= 15 is 0 Å². The molecule has 0 unspecified atom stereocenters. The van der Waals surface area contributed by atoms with E-state index in [0.717, 1.165) is 32.4 Å². The van der Waals surface area contributed by atoms with E-state index in [0.29, 0.717) is 55.8 Å². The van der Waals surface area contributed by atoms with Gasteiger partial charge in [-0.1, -0.05) is 42.5 Å². The van der Waals surface area contributed by atoms with E-state index < -0.39 is 0 Å². The Kier molecular flexibility index (Phi) is 8.73. The van der Waals surface area contributed by atoms with Crippen LogP contribution in [0.1, 0.15) is 28.8 Å². The summed E-state index contributed by atoms with van der Waals surface area (Å²) in [5.41, 5.74) is 1.75. The molecule has 2 aromatic carbocycles. The maximum absolute atomic E-state index is 13.3. The maximum Gasteiger partial charge on any atom is 0.259 e. The van der Waals surface area contributed by atoms with Gasteiger partial charge in [-0.05, 0) is 55.0 Å². The molecule has 0 radical (unpaired) electrons. The number of carbonyl (C=O) groups is 2. The third-order valence-corrected chi connectivity index (χ3v) is 7.51. The van der Waals surface area contributed by atoms with Gasteiger partial charge in [0.2, 0.25) is 11.8 Å². The van der Waals surface area contributed by atoms with Crippen molar-refractivity contribution in [1.29, 1.82) is 0 Å². The van der Waals surface area contributed by atoms with Gasteiger partial charge in [0.1, 0.15) is 12.2 Å². The molecule has 0 atom stereocenters. The summed E-state index contributed by atoms with van der Waals surface area (Å²) in [6.45, 7) is 3.83. The highest BCUT2D eigenvalue weighted by atomic mass is 16.5. The Morgan fingerprint density at radius 3 is 2.44 bits per heavy atom. The van der Waals surface area contributed by atoms with Crippen LogP contribution in [0.2, 0.25) is 0 Å². The second kappa shape index (κ2) is 12.8. The van der Waals surface area contributed by atoms with E-state index in [1.807, 2.05) is 29.2 Å². The van der Waals surface area contributed by atoms with Gasteiger partial charge in [0.15, 0.2) is 11.5 Å². The van der Waals surface area contributed by atoms with Gasteiger partial charge < -0.3 is 19.3 Å². The van der Waals surface area contributed by atoms with Crippen LogP contribution in [0.5, 0.6) is 17.4 Å². The highest BCUT2D eigenvalue weighted by Crippen LogP contribution is 2.32. The quantitative estimate of drug-likeness (QED) is 0.507. The summed E-state index contributed by atoms with van der Waals surface area (Å²) in [5.74, 6) is 1.86. The molecule has 3 aromatic rings. The van der Waals surface area contributed by atoms with Crippen LogP contribution in [0.15, 0.2) is 72.9 Å². The molecule has 0 aliphatic carbocycles. The zero-order valence-corrected chi connectivity index (χ0v) is 22.5. The fraction of sp³-hybridized carbons (Fsp3) is 0.387. The Labute approximate surface area is 230 Å². The van der Waals surface area contributed by atoms with Gasteiger partial charge >= 0.3 is 0 Å². The first-order valence-corrected chi connectivity index (χ1v) is 13.7. The van der Waals surface area contributed by atoms with Crippen LogP contribution >= 0.6 is 0 Å². The summed E-state index contributed by atoms with van der Waals surface area (Å²) in [4.78, 5) is 36.6. The van der Waals surface area contributed by atoms with Crippen LogP contribution < -0.4 is 9.47 Å². The van der Waals surface area contributed by atoms with E-state index in [2.05, 4.69) is 34.1 Å². The molecule has 5 rings (SSSR count). The number of rotatable bonds is 4.